The van der Waals surface area contributed by atoms with E-state index in [9.17, 15) is 0 Å². The van der Waals surface area contributed by atoms with Crippen LogP contribution >= 0.6 is 9.90 Å². The van der Waals surface area contributed by atoms with Crippen molar-refractivity contribution in [2.45, 2.75) is 29.7 Å². The molecule has 0 fully saturated rings. The summed E-state index contributed by atoms with van der Waals surface area (Å²) in [5, 5.41) is 0. The molecule has 0 aliphatic heterocycles. The van der Waals surface area contributed by atoms with Gasteiger partial charge in [-0.15, -0.1) is 0 Å². The number of hydrogen-bond donors (Lipinski definition) is 0. The van der Waals surface area contributed by atoms with Crippen molar-refractivity contribution in [3.05, 3.63) is 0 Å². The monoisotopic (exact) mass is 336 g/mol. The fourth-order valence-corrected chi connectivity index (χ4v) is 0. The Morgan fingerprint density at radius 2 is 0.714 bits per heavy atom. The fourth-order valence-electron chi connectivity index (χ4n) is 0. The summed E-state index contributed by atoms with van der Waals surface area (Å²) in [5.41, 5.74) is 0. The van der Waals surface area contributed by atoms with Gasteiger partial charge in [-0.05, 0) is 0 Å². The predicted molar refractivity (Wildman–Crippen MR) is 40.1 cm³/mol. The van der Waals surface area contributed by atoms with Gasteiger partial charge in [0.15, 0.2) is 0 Å². The summed E-state index contributed by atoms with van der Waals surface area (Å²) in [5.74, 6) is 0. The Balaban J connectivity index is 0. The van der Waals surface area contributed by atoms with Gasteiger partial charge in [0.25, 0.3) is 0 Å². The zero-order valence-corrected chi connectivity index (χ0v) is 7.31. The maximum Gasteiger partial charge on any atom is 0 e. The standard InChI is InChI=1S/4CH4.H3P.V.W.H2/h4*1H4;1H3;;;1H/i;;;;;;;1+1. The fraction of sp³-hybridized carbons (Fsp3) is 1.00. The summed E-state index contributed by atoms with van der Waals surface area (Å²) in [7, 11) is 0. The van der Waals surface area contributed by atoms with Crippen LogP contribution in [0.2, 0.25) is 0 Å². The van der Waals surface area contributed by atoms with Gasteiger partial charge in [0.1, 0.15) is 0 Å². The number of rotatable bonds is 0. The van der Waals surface area contributed by atoms with Crippen LogP contribution in [-0.2, 0) is 39.6 Å². The normalized spacial score (nSPS) is 0. The van der Waals surface area contributed by atoms with Crippen LogP contribution < -0.4 is 0 Å². The van der Waals surface area contributed by atoms with Gasteiger partial charge >= 0.3 is 0 Å². The zero-order chi connectivity index (χ0) is 0. The molecule has 0 spiro atoms. The topological polar surface area (TPSA) is 0 Å². The quantitative estimate of drug-likeness (QED) is 0.597. The molecule has 0 aromatic heterocycles. The molecule has 0 rings (SSSR count). The molecular formula is C4H21PVW. The summed E-state index contributed by atoms with van der Waals surface area (Å²) < 4.78 is 0. The van der Waals surface area contributed by atoms with Crippen LogP contribution in [0.4, 0.5) is 0 Å². The summed E-state index contributed by atoms with van der Waals surface area (Å²) >= 11 is 0. The molecule has 1 radical (unpaired) electrons. The summed E-state index contributed by atoms with van der Waals surface area (Å²) in [6.07, 6.45) is 0. The van der Waals surface area contributed by atoms with Gasteiger partial charge in [0, 0.05) is 41.0 Å². The summed E-state index contributed by atoms with van der Waals surface area (Å²) in [6, 6.07) is 0. The molecule has 0 aromatic rings. The van der Waals surface area contributed by atoms with Crippen molar-refractivity contribution < 1.29 is 41.0 Å². The molecule has 1 atom stereocenters. The second-order valence-electron chi connectivity index (χ2n) is 0. The average Bonchev–Trinajstić information content (AvgIpc) is 0. The van der Waals surface area contributed by atoms with Crippen LogP contribution in [0.5, 0.6) is 0 Å². The predicted octanol–water partition coefficient (Wildman–Crippen LogP) is 2.84. The van der Waals surface area contributed by atoms with Crippen molar-refractivity contribution in [1.82, 2.24) is 0 Å². The van der Waals surface area contributed by atoms with E-state index < -0.39 is 0 Å². The van der Waals surface area contributed by atoms with E-state index in [0.717, 1.165) is 0 Å². The van der Waals surface area contributed by atoms with Crippen molar-refractivity contribution in [3.63, 3.8) is 0 Å². The number of hydrogen-bond acceptors (Lipinski definition) is 0. The second-order valence-corrected chi connectivity index (χ2v) is 0. The van der Waals surface area contributed by atoms with E-state index >= 15 is 0 Å². The first-order valence-corrected chi connectivity index (χ1v) is 0. The average molecular weight is 336 g/mol. The van der Waals surface area contributed by atoms with Crippen LogP contribution in [0, 0.1) is 0 Å². The van der Waals surface area contributed by atoms with Crippen molar-refractivity contribution in [2.75, 3.05) is 0 Å². The Kier molecular flexibility index (Phi) is 3040. The Morgan fingerprint density at radius 1 is 0.714 bits per heavy atom. The van der Waals surface area contributed by atoms with Crippen LogP contribution in [0.15, 0.2) is 0 Å². The van der Waals surface area contributed by atoms with Gasteiger partial charge in [-0.2, -0.15) is 9.90 Å². The first-order chi connectivity index (χ1) is 0. The van der Waals surface area contributed by atoms with Crippen molar-refractivity contribution in [3.8, 4) is 0 Å². The van der Waals surface area contributed by atoms with E-state index in [0.29, 0.717) is 0 Å². The van der Waals surface area contributed by atoms with Gasteiger partial charge in [-0.1, -0.05) is 29.7 Å². The molecule has 0 aliphatic rings. The van der Waals surface area contributed by atoms with Crippen LogP contribution in [-0.4, -0.2) is 0 Å². The Bertz CT molecular complexity index is 16.0. The molecule has 0 nitrogen and oxygen atoms in total. The summed E-state index contributed by atoms with van der Waals surface area (Å²) in [4.78, 5) is 0. The minimum atomic E-state index is 0. The molecule has 7 heavy (non-hydrogen) atoms. The molecular weight excluding hydrogens is 314 g/mol. The van der Waals surface area contributed by atoms with Crippen LogP contribution in [0.1, 0.15) is 31.1 Å². The minimum Gasteiger partial charge on any atom is -0.153 e. The van der Waals surface area contributed by atoms with Crippen molar-refractivity contribution in [2.24, 2.45) is 0 Å². The third-order valence-corrected chi connectivity index (χ3v) is 0. The van der Waals surface area contributed by atoms with Gasteiger partial charge in [-0.3, -0.25) is 0 Å². The van der Waals surface area contributed by atoms with Crippen LogP contribution in [0.3, 0.4) is 0 Å². The van der Waals surface area contributed by atoms with Crippen LogP contribution in [0.25, 0.3) is 0 Å². The van der Waals surface area contributed by atoms with Gasteiger partial charge < -0.3 is 0 Å². The third-order valence-electron chi connectivity index (χ3n) is 0. The molecule has 0 saturated heterocycles. The molecule has 0 aromatic carbocycles. The SMILES string of the molecule is C.C.C.C.P.[2HH].[V].[W]. The molecule has 3 heteroatoms. The minimum absolute atomic E-state index is 0. The smallest absolute Gasteiger partial charge is 0 e. The van der Waals surface area contributed by atoms with E-state index in [1.54, 1.807) is 0 Å². The second kappa shape index (κ2) is 119. The Morgan fingerprint density at radius 3 is 0.714 bits per heavy atom. The van der Waals surface area contributed by atoms with Gasteiger partial charge in [0.2, 0.25) is 0 Å². The largest absolute Gasteiger partial charge is 0.153 e. The molecule has 0 N–H and O–H groups in total. The van der Waals surface area contributed by atoms with E-state index in [1.807, 2.05) is 0 Å². The van der Waals surface area contributed by atoms with E-state index in [1.165, 1.54) is 0 Å². The van der Waals surface area contributed by atoms with Gasteiger partial charge in [-0.25, -0.2) is 0 Å². The molecule has 0 amide bonds. The molecule has 0 bridgehead atoms. The Hall–Kier alpha value is 1.70. The van der Waals surface area contributed by atoms with E-state index in [4.69, 9.17) is 0 Å². The molecule has 0 saturated carbocycles. The van der Waals surface area contributed by atoms with Gasteiger partial charge in [0.05, 0.1) is 0 Å². The van der Waals surface area contributed by atoms with E-state index in [2.05, 4.69) is 0 Å². The molecule has 0 aliphatic carbocycles. The zero-order valence-electron chi connectivity index (χ0n) is 1.56. The Labute approximate surface area is 80.5 Å². The molecule has 1 unspecified atom stereocenters. The maximum atomic E-state index is 0. The summed E-state index contributed by atoms with van der Waals surface area (Å²) in [6.45, 7) is 0. The third kappa shape index (κ3) is 86.4. The molecule has 0 heterocycles. The molecule has 53 valence electrons. The van der Waals surface area contributed by atoms with E-state index in [-0.39, 0.29) is 80.7 Å². The first-order valence-electron chi connectivity index (χ1n) is 0. The van der Waals surface area contributed by atoms with Crippen molar-refractivity contribution >= 4 is 9.90 Å². The van der Waals surface area contributed by atoms with Crippen molar-refractivity contribution in [1.29, 1.82) is 0 Å². The maximum absolute atomic E-state index is 0. The first kappa shape index (κ1) is 178.